The third kappa shape index (κ3) is 4.16. The number of carbonyl (C=O) groups excluding carboxylic acids is 1. The van der Waals surface area contributed by atoms with Crippen molar-refractivity contribution in [2.24, 2.45) is 0 Å². The highest BCUT2D eigenvalue weighted by atomic mass is 16.5. The van der Waals surface area contributed by atoms with Crippen LogP contribution in [0.2, 0.25) is 0 Å². The summed E-state index contributed by atoms with van der Waals surface area (Å²) in [6.07, 6.45) is 4.66. The van der Waals surface area contributed by atoms with Crippen LogP contribution in [0.5, 0.6) is 5.88 Å². The third-order valence-electron chi connectivity index (χ3n) is 5.95. The zero-order chi connectivity index (χ0) is 26.0. The summed E-state index contributed by atoms with van der Waals surface area (Å²) < 4.78 is 8.81. The molecule has 1 amide bonds. The number of benzene rings is 1. The summed E-state index contributed by atoms with van der Waals surface area (Å²) >= 11 is 0. The van der Waals surface area contributed by atoms with Gasteiger partial charge in [0.15, 0.2) is 17.3 Å². The molecule has 37 heavy (non-hydrogen) atoms. The number of nitrogens with one attached hydrogen (secondary N) is 1. The number of carbonyl (C=O) groups is 1. The lowest BCUT2D eigenvalue weighted by Crippen LogP contribution is -2.34. The average Bonchev–Trinajstić information content (AvgIpc) is 3.56. The van der Waals surface area contributed by atoms with Crippen molar-refractivity contribution in [2.75, 3.05) is 12.4 Å². The molecule has 0 saturated heterocycles. The van der Waals surface area contributed by atoms with Crippen molar-refractivity contribution >= 4 is 23.0 Å². The molecule has 188 valence electrons. The Morgan fingerprint density at radius 1 is 1.05 bits per heavy atom. The van der Waals surface area contributed by atoms with Crippen LogP contribution < -0.4 is 10.1 Å². The Labute approximate surface area is 212 Å². The van der Waals surface area contributed by atoms with Gasteiger partial charge in [0.05, 0.1) is 12.6 Å². The van der Waals surface area contributed by atoms with Gasteiger partial charge in [0.25, 0.3) is 5.91 Å². The molecule has 4 heterocycles. The summed E-state index contributed by atoms with van der Waals surface area (Å²) in [4.78, 5) is 35.1. The van der Waals surface area contributed by atoms with Crippen LogP contribution in [0.3, 0.4) is 0 Å². The largest absolute Gasteiger partial charge is 0.480 e. The van der Waals surface area contributed by atoms with Gasteiger partial charge in [0, 0.05) is 25.5 Å². The van der Waals surface area contributed by atoms with Crippen LogP contribution in [-0.2, 0) is 18.7 Å². The number of aromatic nitrogens is 8. The van der Waals surface area contributed by atoms with Crippen LogP contribution >= 0.6 is 0 Å². The van der Waals surface area contributed by atoms with Crippen molar-refractivity contribution in [3.63, 3.8) is 0 Å². The Morgan fingerprint density at radius 3 is 2.46 bits per heavy atom. The van der Waals surface area contributed by atoms with E-state index in [-0.39, 0.29) is 29.0 Å². The number of ether oxygens (including phenoxy) is 1. The van der Waals surface area contributed by atoms with Crippen molar-refractivity contribution in [1.82, 2.24) is 39.3 Å². The zero-order valence-corrected chi connectivity index (χ0v) is 20.5. The maximum atomic E-state index is 13.2. The fourth-order valence-corrected chi connectivity index (χ4v) is 4.14. The molecule has 0 aliphatic carbocycles. The average molecular weight is 500 g/mol. The molecule has 0 radical (unpaired) electrons. The normalized spacial score (nSPS) is 12.9. The second-order valence-corrected chi connectivity index (χ2v) is 8.09. The van der Waals surface area contributed by atoms with Gasteiger partial charge in [0.1, 0.15) is 11.9 Å². The topological polar surface area (TPSA) is 146 Å². The van der Waals surface area contributed by atoms with Gasteiger partial charge in [-0.25, -0.2) is 19.9 Å². The molecule has 5 rings (SSSR count). The number of fused-ring (bicyclic) bond motifs is 1. The number of amides is 1. The molecule has 1 aromatic carbocycles. The SMILES string of the molecule is CCn1cnc(NC(=O)c2cc3c(nc2OC)nc(C(O)(c2ccccc2)c2ncccn2)n3CC)n1. The number of imidazole rings is 1. The molecule has 12 nitrogen and oxygen atoms in total. The lowest BCUT2D eigenvalue weighted by atomic mass is 9.91. The van der Waals surface area contributed by atoms with Gasteiger partial charge < -0.3 is 14.4 Å². The van der Waals surface area contributed by atoms with Crippen LogP contribution in [0.25, 0.3) is 11.2 Å². The number of pyridine rings is 1. The highest BCUT2D eigenvalue weighted by Crippen LogP contribution is 2.36. The summed E-state index contributed by atoms with van der Waals surface area (Å²) in [5.74, 6) is 0.173. The molecule has 0 saturated carbocycles. The van der Waals surface area contributed by atoms with E-state index in [9.17, 15) is 9.90 Å². The minimum atomic E-state index is -1.79. The molecule has 0 fully saturated rings. The van der Waals surface area contributed by atoms with E-state index >= 15 is 0 Å². The Morgan fingerprint density at radius 2 is 1.81 bits per heavy atom. The summed E-state index contributed by atoms with van der Waals surface area (Å²) in [7, 11) is 1.42. The van der Waals surface area contributed by atoms with Gasteiger partial charge >= 0.3 is 0 Å². The van der Waals surface area contributed by atoms with E-state index < -0.39 is 11.5 Å². The van der Waals surface area contributed by atoms with E-state index in [0.717, 1.165) is 0 Å². The number of methoxy groups -OCH3 is 1. The third-order valence-corrected chi connectivity index (χ3v) is 5.95. The molecular weight excluding hydrogens is 474 g/mol. The number of nitrogens with zero attached hydrogens (tertiary/aromatic N) is 8. The molecule has 4 aromatic heterocycles. The Bertz CT molecular complexity index is 1510. The lowest BCUT2D eigenvalue weighted by molar-refractivity contribution is 0.102. The molecular formula is C25H25N9O3. The standard InChI is InChI=1S/C25H25N9O3/c1-4-33-15-28-24(32-33)31-20(35)17-14-18-19(29-21(17)37-3)30-23(34(18)5-2)25(36,16-10-7-6-8-11-16)22-26-12-9-13-27-22/h6-15,36H,4-5H2,1-3H3,(H,31,32,35). The number of aliphatic hydroxyl groups is 1. The van der Waals surface area contributed by atoms with Gasteiger partial charge in [-0.2, -0.15) is 4.98 Å². The number of anilines is 1. The van der Waals surface area contributed by atoms with E-state index in [2.05, 4.69) is 30.4 Å². The van der Waals surface area contributed by atoms with Gasteiger partial charge in [-0.1, -0.05) is 30.3 Å². The van der Waals surface area contributed by atoms with E-state index in [4.69, 9.17) is 9.72 Å². The number of aryl methyl sites for hydroxylation is 2. The predicted octanol–water partition coefficient (Wildman–Crippen LogP) is 2.40. The van der Waals surface area contributed by atoms with Crippen LogP contribution in [0, 0.1) is 0 Å². The summed E-state index contributed by atoms with van der Waals surface area (Å²) in [6.45, 7) is 4.87. The van der Waals surface area contributed by atoms with Crippen molar-refractivity contribution in [1.29, 1.82) is 0 Å². The molecule has 0 bridgehead atoms. The first-order valence-electron chi connectivity index (χ1n) is 11.7. The van der Waals surface area contributed by atoms with Gasteiger partial charge in [-0.05, 0) is 31.5 Å². The molecule has 1 unspecified atom stereocenters. The van der Waals surface area contributed by atoms with Crippen LogP contribution in [0.1, 0.15) is 41.4 Å². The highest BCUT2D eigenvalue weighted by molar-refractivity contribution is 6.06. The maximum absolute atomic E-state index is 13.2. The van der Waals surface area contributed by atoms with Crippen molar-refractivity contribution in [2.45, 2.75) is 32.5 Å². The van der Waals surface area contributed by atoms with Gasteiger partial charge in [-0.15, -0.1) is 5.10 Å². The zero-order valence-electron chi connectivity index (χ0n) is 20.5. The number of hydrogen-bond donors (Lipinski definition) is 2. The first-order chi connectivity index (χ1) is 18.0. The minimum absolute atomic E-state index is 0.0754. The van der Waals surface area contributed by atoms with Crippen LogP contribution in [0.4, 0.5) is 5.95 Å². The van der Waals surface area contributed by atoms with Gasteiger partial charge in [-0.3, -0.25) is 14.8 Å². The first-order valence-corrected chi connectivity index (χ1v) is 11.7. The summed E-state index contributed by atoms with van der Waals surface area (Å²) in [6, 6.07) is 12.4. The van der Waals surface area contributed by atoms with Crippen molar-refractivity contribution in [3.8, 4) is 5.88 Å². The number of hydrogen-bond acceptors (Lipinski definition) is 9. The monoisotopic (exact) mass is 499 g/mol. The van der Waals surface area contributed by atoms with Crippen LogP contribution in [0.15, 0.2) is 61.2 Å². The number of rotatable bonds is 8. The van der Waals surface area contributed by atoms with Crippen molar-refractivity contribution in [3.05, 3.63) is 84.0 Å². The lowest BCUT2D eigenvalue weighted by Gasteiger charge is -2.27. The van der Waals surface area contributed by atoms with Crippen LogP contribution in [-0.4, -0.2) is 57.4 Å². The predicted molar refractivity (Wildman–Crippen MR) is 134 cm³/mol. The Kier molecular flexibility index (Phi) is 6.32. The summed E-state index contributed by atoms with van der Waals surface area (Å²) in [5.41, 5.74) is -0.257. The smallest absolute Gasteiger partial charge is 0.263 e. The second kappa shape index (κ2) is 9.74. The minimum Gasteiger partial charge on any atom is -0.480 e. The molecule has 2 N–H and O–H groups in total. The molecule has 0 aliphatic heterocycles. The second-order valence-electron chi connectivity index (χ2n) is 8.09. The fourth-order valence-electron chi connectivity index (χ4n) is 4.14. The summed E-state index contributed by atoms with van der Waals surface area (Å²) in [5, 5.41) is 19.1. The van der Waals surface area contributed by atoms with E-state index in [0.29, 0.717) is 29.8 Å². The quantitative estimate of drug-likeness (QED) is 0.328. The first kappa shape index (κ1) is 24.0. The van der Waals surface area contributed by atoms with E-state index in [1.807, 2.05) is 32.0 Å². The van der Waals surface area contributed by atoms with Gasteiger partial charge in [0.2, 0.25) is 17.4 Å². The Hall–Kier alpha value is -4.71. The van der Waals surface area contributed by atoms with Crippen molar-refractivity contribution < 1.29 is 14.6 Å². The molecule has 12 heteroatoms. The molecule has 5 aromatic rings. The highest BCUT2D eigenvalue weighted by Gasteiger charge is 2.42. The Balaban J connectivity index is 1.68. The van der Waals surface area contributed by atoms with E-state index in [1.54, 1.807) is 45.9 Å². The maximum Gasteiger partial charge on any atom is 0.263 e. The molecule has 0 aliphatic rings. The van der Waals surface area contributed by atoms with E-state index in [1.165, 1.54) is 13.4 Å². The fraction of sp³-hybridized carbons (Fsp3) is 0.240. The molecule has 1 atom stereocenters. The molecule has 0 spiro atoms.